The van der Waals surface area contributed by atoms with Crippen molar-refractivity contribution in [3.05, 3.63) is 30.1 Å². The van der Waals surface area contributed by atoms with E-state index in [-0.39, 0.29) is 29.6 Å². The summed E-state index contributed by atoms with van der Waals surface area (Å²) in [6.45, 7) is 7.67. The first-order chi connectivity index (χ1) is 17.4. The van der Waals surface area contributed by atoms with Gasteiger partial charge in [-0.25, -0.2) is 9.40 Å². The lowest BCUT2D eigenvalue weighted by atomic mass is 9.83. The molecule has 1 fully saturated rings. The number of para-hydroxylation sites is 1. The van der Waals surface area contributed by atoms with Gasteiger partial charge >= 0.3 is 0 Å². The van der Waals surface area contributed by atoms with Crippen molar-refractivity contribution in [2.24, 2.45) is 11.0 Å². The third kappa shape index (κ3) is 9.17. The fourth-order valence-corrected chi connectivity index (χ4v) is 4.52. The highest BCUT2D eigenvalue weighted by atomic mass is 19.1. The standard InChI is InChI=1S/C27H45FN6O2/c1-5-7-18-33(19-17-30-20-34(31-6-2)24-16-12-11-15-23(24)28)27(36)25(22-13-9-8-10-14-22)32-26(35)21(3)29-4/h6,11-12,15-16,21-22,25,29-30H,5,7-10,13-14,17-20H2,1-4H3,(H,32,35)/b31-6-/t21-,25?/m0/s1. The van der Waals surface area contributed by atoms with Crippen LogP contribution in [0.5, 0.6) is 0 Å². The highest BCUT2D eigenvalue weighted by Gasteiger charge is 2.34. The van der Waals surface area contributed by atoms with Crippen molar-refractivity contribution in [2.45, 2.75) is 77.8 Å². The fraction of sp³-hybridized carbons (Fsp3) is 0.667. The molecule has 2 amide bonds. The van der Waals surface area contributed by atoms with Gasteiger partial charge in [-0.2, -0.15) is 5.10 Å². The summed E-state index contributed by atoms with van der Waals surface area (Å²) >= 11 is 0. The summed E-state index contributed by atoms with van der Waals surface area (Å²) in [7, 11) is 1.74. The molecule has 0 spiro atoms. The number of hydrazone groups is 1. The summed E-state index contributed by atoms with van der Waals surface area (Å²) in [6.07, 6.45) is 8.76. The number of hydrogen-bond donors (Lipinski definition) is 3. The lowest BCUT2D eigenvalue weighted by Gasteiger charge is -2.35. The van der Waals surface area contributed by atoms with E-state index in [1.165, 1.54) is 12.5 Å². The number of nitrogens with zero attached hydrogens (tertiary/aromatic N) is 3. The van der Waals surface area contributed by atoms with Crippen LogP contribution in [-0.2, 0) is 9.59 Å². The number of carbonyl (C=O) groups excluding carboxylic acids is 2. The van der Waals surface area contributed by atoms with Crippen LogP contribution < -0.4 is 21.0 Å². The molecule has 9 heteroatoms. The fourth-order valence-electron chi connectivity index (χ4n) is 4.52. The molecule has 0 radical (unpaired) electrons. The molecule has 2 atom stereocenters. The van der Waals surface area contributed by atoms with E-state index in [0.29, 0.717) is 32.0 Å². The Balaban J connectivity index is 2.06. The van der Waals surface area contributed by atoms with Gasteiger partial charge in [0.25, 0.3) is 0 Å². The molecule has 1 saturated carbocycles. The maximum absolute atomic E-state index is 14.3. The van der Waals surface area contributed by atoms with E-state index in [0.717, 1.165) is 38.5 Å². The Morgan fingerprint density at radius 2 is 1.92 bits per heavy atom. The number of nitrogens with one attached hydrogen (secondary N) is 3. The second kappa shape index (κ2) is 16.3. The van der Waals surface area contributed by atoms with Crippen molar-refractivity contribution in [3.8, 4) is 0 Å². The second-order valence-corrected chi connectivity index (χ2v) is 9.46. The molecule has 8 nitrogen and oxygen atoms in total. The third-order valence-electron chi connectivity index (χ3n) is 6.81. The number of benzene rings is 1. The number of amides is 2. The van der Waals surface area contributed by atoms with Crippen LogP contribution >= 0.6 is 0 Å². The highest BCUT2D eigenvalue weighted by Crippen LogP contribution is 2.27. The molecule has 0 heterocycles. The van der Waals surface area contributed by atoms with Crippen molar-refractivity contribution >= 4 is 23.7 Å². The van der Waals surface area contributed by atoms with Crippen molar-refractivity contribution < 1.29 is 14.0 Å². The molecule has 0 aliphatic heterocycles. The van der Waals surface area contributed by atoms with Crippen LogP contribution in [0.15, 0.2) is 29.4 Å². The minimum absolute atomic E-state index is 0.00802. The van der Waals surface area contributed by atoms with E-state index in [4.69, 9.17) is 0 Å². The molecule has 1 aliphatic carbocycles. The molecule has 0 bridgehead atoms. The molecule has 3 N–H and O–H groups in total. The molecule has 1 aliphatic rings. The molecule has 202 valence electrons. The van der Waals surface area contributed by atoms with Crippen molar-refractivity contribution in [1.29, 1.82) is 0 Å². The SMILES string of the molecule is C/C=N\N(CNCCN(CCCC)C(=O)C(NC(=O)[C@H](C)NC)C1CCCCC1)c1ccccc1F. The first-order valence-corrected chi connectivity index (χ1v) is 13.4. The Kier molecular flexibility index (Phi) is 13.4. The van der Waals surface area contributed by atoms with E-state index < -0.39 is 6.04 Å². The minimum Gasteiger partial charge on any atom is -0.343 e. The van der Waals surface area contributed by atoms with Gasteiger partial charge in [0.05, 0.1) is 18.4 Å². The van der Waals surface area contributed by atoms with Gasteiger partial charge in [-0.15, -0.1) is 0 Å². The van der Waals surface area contributed by atoms with Gasteiger partial charge in [-0.1, -0.05) is 44.7 Å². The van der Waals surface area contributed by atoms with E-state index >= 15 is 0 Å². The molecular formula is C27H45FN6O2. The molecule has 1 aromatic rings. The molecule has 36 heavy (non-hydrogen) atoms. The summed E-state index contributed by atoms with van der Waals surface area (Å²) in [6, 6.07) is 5.65. The molecule has 1 aromatic carbocycles. The van der Waals surface area contributed by atoms with Gasteiger partial charge in [0.2, 0.25) is 11.8 Å². The highest BCUT2D eigenvalue weighted by molar-refractivity contribution is 5.90. The molecule has 0 aromatic heterocycles. The molecule has 1 unspecified atom stereocenters. The zero-order valence-corrected chi connectivity index (χ0v) is 22.4. The number of anilines is 1. The van der Waals surface area contributed by atoms with Gasteiger partial charge < -0.3 is 15.5 Å². The van der Waals surface area contributed by atoms with E-state index in [2.05, 4.69) is 28.0 Å². The van der Waals surface area contributed by atoms with Gasteiger partial charge in [0.15, 0.2) is 0 Å². The van der Waals surface area contributed by atoms with Crippen LogP contribution in [-0.4, -0.2) is 68.4 Å². The topological polar surface area (TPSA) is 89.1 Å². The lowest BCUT2D eigenvalue weighted by molar-refractivity contribution is -0.138. The van der Waals surface area contributed by atoms with Gasteiger partial charge in [0, 0.05) is 25.8 Å². The zero-order valence-electron chi connectivity index (χ0n) is 22.4. The third-order valence-corrected chi connectivity index (χ3v) is 6.81. The predicted octanol–water partition coefficient (Wildman–Crippen LogP) is 3.49. The molecule has 2 rings (SSSR count). The normalized spacial score (nSPS) is 16.0. The summed E-state index contributed by atoms with van der Waals surface area (Å²) in [5, 5.41) is 15.2. The van der Waals surface area contributed by atoms with E-state index in [1.807, 2.05) is 4.90 Å². The Labute approximate surface area is 216 Å². The minimum atomic E-state index is -0.509. The lowest BCUT2D eigenvalue weighted by Crippen LogP contribution is -2.56. The maximum Gasteiger partial charge on any atom is 0.245 e. The number of likely N-dealkylation sites (N-methyl/N-ethyl adjacent to an activating group) is 1. The van der Waals surface area contributed by atoms with Crippen LogP contribution in [0.3, 0.4) is 0 Å². The number of carbonyl (C=O) groups is 2. The Morgan fingerprint density at radius 1 is 1.19 bits per heavy atom. The molecular weight excluding hydrogens is 459 g/mol. The van der Waals surface area contributed by atoms with Gasteiger partial charge in [0.1, 0.15) is 11.9 Å². The number of halogens is 1. The summed E-state index contributed by atoms with van der Waals surface area (Å²) in [4.78, 5) is 28.4. The second-order valence-electron chi connectivity index (χ2n) is 9.46. The molecule has 0 saturated heterocycles. The van der Waals surface area contributed by atoms with E-state index in [1.54, 1.807) is 50.3 Å². The van der Waals surface area contributed by atoms with Crippen LogP contribution in [0.1, 0.15) is 65.7 Å². The van der Waals surface area contributed by atoms with Crippen LogP contribution in [0.4, 0.5) is 10.1 Å². The van der Waals surface area contributed by atoms with E-state index in [9.17, 15) is 14.0 Å². The average molecular weight is 505 g/mol. The van der Waals surface area contributed by atoms with Crippen LogP contribution in [0.25, 0.3) is 0 Å². The largest absolute Gasteiger partial charge is 0.343 e. The van der Waals surface area contributed by atoms with Crippen molar-refractivity contribution in [3.63, 3.8) is 0 Å². The first kappa shape index (κ1) is 29.7. The maximum atomic E-state index is 14.3. The smallest absolute Gasteiger partial charge is 0.245 e. The summed E-state index contributed by atoms with van der Waals surface area (Å²) < 4.78 is 14.3. The predicted molar refractivity (Wildman–Crippen MR) is 144 cm³/mol. The quantitative estimate of drug-likeness (QED) is 0.147. The summed E-state index contributed by atoms with van der Waals surface area (Å²) in [5.41, 5.74) is 0.390. The van der Waals surface area contributed by atoms with Gasteiger partial charge in [-0.05, 0) is 58.2 Å². The van der Waals surface area contributed by atoms with Crippen molar-refractivity contribution in [1.82, 2.24) is 20.9 Å². The van der Waals surface area contributed by atoms with Crippen molar-refractivity contribution in [2.75, 3.05) is 38.4 Å². The Bertz CT molecular complexity index is 830. The van der Waals surface area contributed by atoms with Gasteiger partial charge in [-0.3, -0.25) is 14.9 Å². The summed E-state index contributed by atoms with van der Waals surface area (Å²) in [5.74, 6) is -0.336. The van der Waals surface area contributed by atoms with Crippen LogP contribution in [0.2, 0.25) is 0 Å². The Morgan fingerprint density at radius 3 is 2.56 bits per heavy atom. The number of rotatable bonds is 15. The van der Waals surface area contributed by atoms with Crippen LogP contribution in [0, 0.1) is 11.7 Å². The monoisotopic (exact) mass is 504 g/mol. The average Bonchev–Trinajstić information content (AvgIpc) is 2.90. The first-order valence-electron chi connectivity index (χ1n) is 13.4. The zero-order chi connectivity index (χ0) is 26.3. The number of hydrogen-bond acceptors (Lipinski definition) is 6. The number of unbranched alkanes of at least 4 members (excludes halogenated alkanes) is 1. The Hall–Kier alpha value is -2.52.